The molecule has 18 heavy (non-hydrogen) atoms. The van der Waals surface area contributed by atoms with Gasteiger partial charge in [0.15, 0.2) is 0 Å². The summed E-state index contributed by atoms with van der Waals surface area (Å²) in [7, 11) is 0. The molecule has 0 saturated carbocycles. The maximum Gasteiger partial charge on any atom is 0.225 e. The van der Waals surface area contributed by atoms with Crippen molar-refractivity contribution in [2.75, 3.05) is 18.0 Å². The van der Waals surface area contributed by atoms with Crippen molar-refractivity contribution in [2.45, 2.75) is 47.1 Å². The zero-order chi connectivity index (χ0) is 13.5. The van der Waals surface area contributed by atoms with E-state index in [-0.39, 0.29) is 0 Å². The van der Waals surface area contributed by atoms with Crippen molar-refractivity contribution in [3.63, 3.8) is 0 Å². The Bertz CT molecular complexity index is 361. The molecule has 4 nitrogen and oxygen atoms in total. The van der Waals surface area contributed by atoms with E-state index in [4.69, 9.17) is 5.73 Å². The Morgan fingerprint density at radius 1 is 1.28 bits per heavy atom. The van der Waals surface area contributed by atoms with Gasteiger partial charge in [0.1, 0.15) is 0 Å². The highest BCUT2D eigenvalue weighted by molar-refractivity contribution is 5.32. The van der Waals surface area contributed by atoms with Gasteiger partial charge in [-0.25, -0.2) is 9.97 Å². The highest BCUT2D eigenvalue weighted by Crippen LogP contribution is 2.15. The summed E-state index contributed by atoms with van der Waals surface area (Å²) < 4.78 is 0. The van der Waals surface area contributed by atoms with Gasteiger partial charge in [-0.05, 0) is 19.8 Å². The van der Waals surface area contributed by atoms with Gasteiger partial charge < -0.3 is 10.6 Å². The van der Waals surface area contributed by atoms with Crippen molar-refractivity contribution in [3.8, 4) is 0 Å². The van der Waals surface area contributed by atoms with E-state index >= 15 is 0 Å². The second kappa shape index (κ2) is 7.31. The monoisotopic (exact) mass is 250 g/mol. The first-order valence-corrected chi connectivity index (χ1v) is 6.93. The van der Waals surface area contributed by atoms with Gasteiger partial charge in [0.25, 0.3) is 0 Å². The molecule has 0 radical (unpaired) electrons. The highest BCUT2D eigenvalue weighted by Gasteiger charge is 2.13. The topological polar surface area (TPSA) is 55.0 Å². The summed E-state index contributed by atoms with van der Waals surface area (Å²) in [4.78, 5) is 11.3. The Morgan fingerprint density at radius 3 is 2.39 bits per heavy atom. The molecule has 102 valence electrons. The fourth-order valence-electron chi connectivity index (χ4n) is 2.04. The summed E-state index contributed by atoms with van der Waals surface area (Å²) in [5.74, 6) is 1.54. The fraction of sp³-hybridized carbons (Fsp3) is 0.714. The summed E-state index contributed by atoms with van der Waals surface area (Å²) in [6, 6.07) is 0. The van der Waals surface area contributed by atoms with Crippen molar-refractivity contribution < 1.29 is 0 Å². The second-order valence-electron chi connectivity index (χ2n) is 4.71. The summed E-state index contributed by atoms with van der Waals surface area (Å²) in [6.07, 6.45) is 4.26. The Balaban J connectivity index is 2.84. The maximum atomic E-state index is 5.64. The molecule has 0 saturated heterocycles. The quantitative estimate of drug-likeness (QED) is 0.808. The van der Waals surface area contributed by atoms with Gasteiger partial charge in [-0.15, -0.1) is 0 Å². The zero-order valence-corrected chi connectivity index (χ0v) is 12.1. The Labute approximate surface area is 111 Å². The second-order valence-corrected chi connectivity index (χ2v) is 4.71. The van der Waals surface area contributed by atoms with Crippen LogP contribution in [0.25, 0.3) is 0 Å². The lowest BCUT2D eigenvalue weighted by Gasteiger charge is -2.25. The number of rotatable bonds is 7. The van der Waals surface area contributed by atoms with Crippen molar-refractivity contribution in [3.05, 3.63) is 17.5 Å². The predicted octanol–water partition coefficient (Wildman–Crippen LogP) is 2.51. The van der Waals surface area contributed by atoms with Crippen LogP contribution in [0.2, 0.25) is 0 Å². The summed E-state index contributed by atoms with van der Waals surface area (Å²) in [5, 5.41) is 0. The largest absolute Gasteiger partial charge is 0.341 e. The number of hydrogen-bond acceptors (Lipinski definition) is 4. The lowest BCUT2D eigenvalue weighted by molar-refractivity contribution is 0.482. The standard InChI is InChI=1S/C14H26N4/c1-5-12(6-2)10-18(7-3)14-16-9-13(8-15)11(4)17-14/h9,12H,5-8,10,15H2,1-4H3. The molecule has 0 amide bonds. The molecule has 1 aromatic heterocycles. The third-order valence-electron chi connectivity index (χ3n) is 3.59. The first-order valence-electron chi connectivity index (χ1n) is 6.93. The van der Waals surface area contributed by atoms with E-state index in [1.807, 2.05) is 13.1 Å². The van der Waals surface area contributed by atoms with Gasteiger partial charge in [0.05, 0.1) is 0 Å². The Hall–Kier alpha value is -1.16. The van der Waals surface area contributed by atoms with Gasteiger partial charge in [-0.1, -0.05) is 26.7 Å². The molecule has 0 aliphatic carbocycles. The highest BCUT2D eigenvalue weighted by atomic mass is 15.2. The molecule has 0 bridgehead atoms. The summed E-state index contributed by atoms with van der Waals surface area (Å²) in [5.41, 5.74) is 7.66. The molecule has 0 unspecified atom stereocenters. The van der Waals surface area contributed by atoms with Crippen LogP contribution in [-0.2, 0) is 6.54 Å². The average molecular weight is 250 g/mol. The SMILES string of the molecule is CCC(CC)CN(CC)c1ncc(CN)c(C)n1. The van der Waals surface area contributed by atoms with Gasteiger partial charge in [-0.2, -0.15) is 0 Å². The average Bonchev–Trinajstić information content (AvgIpc) is 2.40. The molecule has 0 atom stereocenters. The minimum absolute atomic E-state index is 0.505. The van der Waals surface area contributed by atoms with Crippen LogP contribution in [0, 0.1) is 12.8 Å². The van der Waals surface area contributed by atoms with Crippen LogP contribution in [0.4, 0.5) is 5.95 Å². The predicted molar refractivity (Wildman–Crippen MR) is 76.6 cm³/mol. The molecular weight excluding hydrogens is 224 g/mol. The summed E-state index contributed by atoms with van der Waals surface area (Å²) >= 11 is 0. The van der Waals surface area contributed by atoms with Crippen LogP contribution < -0.4 is 10.6 Å². The van der Waals surface area contributed by atoms with Crippen molar-refractivity contribution >= 4 is 5.95 Å². The molecule has 0 fully saturated rings. The van der Waals surface area contributed by atoms with Gasteiger partial charge in [0, 0.05) is 37.1 Å². The van der Waals surface area contributed by atoms with Crippen LogP contribution in [0.1, 0.15) is 44.9 Å². The molecule has 0 aliphatic rings. The third-order valence-corrected chi connectivity index (χ3v) is 3.59. The molecule has 0 aromatic carbocycles. The number of aryl methyl sites for hydroxylation is 1. The molecule has 0 spiro atoms. The van der Waals surface area contributed by atoms with E-state index in [0.717, 1.165) is 30.3 Å². The molecule has 2 N–H and O–H groups in total. The lowest BCUT2D eigenvalue weighted by Crippen LogP contribution is -2.30. The smallest absolute Gasteiger partial charge is 0.225 e. The van der Waals surface area contributed by atoms with Gasteiger partial charge >= 0.3 is 0 Å². The summed E-state index contributed by atoms with van der Waals surface area (Å²) in [6.45, 7) is 11.1. The Morgan fingerprint density at radius 2 is 1.94 bits per heavy atom. The van der Waals surface area contributed by atoms with Gasteiger partial charge in [-0.3, -0.25) is 0 Å². The minimum Gasteiger partial charge on any atom is -0.341 e. The molecule has 0 aliphatic heterocycles. The van der Waals surface area contributed by atoms with Crippen LogP contribution >= 0.6 is 0 Å². The molecule has 1 heterocycles. The zero-order valence-electron chi connectivity index (χ0n) is 12.1. The van der Waals surface area contributed by atoms with Crippen LogP contribution in [0.5, 0.6) is 0 Å². The number of nitrogens with zero attached hydrogens (tertiary/aromatic N) is 3. The first kappa shape index (κ1) is 14.9. The normalized spacial score (nSPS) is 11.0. The molecule has 1 rings (SSSR count). The van der Waals surface area contributed by atoms with E-state index in [9.17, 15) is 0 Å². The molecule has 4 heteroatoms. The molecule has 1 aromatic rings. The maximum absolute atomic E-state index is 5.64. The number of aromatic nitrogens is 2. The Kier molecular flexibility index (Phi) is 6.05. The lowest BCUT2D eigenvalue weighted by atomic mass is 10.0. The van der Waals surface area contributed by atoms with Crippen molar-refractivity contribution in [2.24, 2.45) is 11.7 Å². The van der Waals surface area contributed by atoms with Crippen LogP contribution in [-0.4, -0.2) is 23.1 Å². The first-order chi connectivity index (χ1) is 8.65. The van der Waals surface area contributed by atoms with E-state index < -0.39 is 0 Å². The van der Waals surface area contributed by atoms with Crippen molar-refractivity contribution in [1.82, 2.24) is 9.97 Å². The minimum atomic E-state index is 0.505. The number of anilines is 1. The third kappa shape index (κ3) is 3.67. The number of hydrogen-bond donors (Lipinski definition) is 1. The van der Waals surface area contributed by atoms with E-state index in [0.29, 0.717) is 12.5 Å². The van der Waals surface area contributed by atoms with Gasteiger partial charge in [0.2, 0.25) is 5.95 Å². The van der Waals surface area contributed by atoms with Crippen molar-refractivity contribution in [1.29, 1.82) is 0 Å². The fourth-order valence-corrected chi connectivity index (χ4v) is 2.04. The number of nitrogens with two attached hydrogens (primary N) is 1. The van der Waals surface area contributed by atoms with E-state index in [1.54, 1.807) is 0 Å². The van der Waals surface area contributed by atoms with Crippen LogP contribution in [0.15, 0.2) is 6.20 Å². The van der Waals surface area contributed by atoms with E-state index in [2.05, 4.69) is 35.6 Å². The molecular formula is C14H26N4. The van der Waals surface area contributed by atoms with E-state index in [1.165, 1.54) is 12.8 Å². The van der Waals surface area contributed by atoms with Crippen LogP contribution in [0.3, 0.4) is 0 Å².